The number of benzene rings is 1. The lowest BCUT2D eigenvalue weighted by molar-refractivity contribution is 0.0961. The quantitative estimate of drug-likeness (QED) is 0.483. The molecule has 0 saturated heterocycles. The highest BCUT2D eigenvalue weighted by molar-refractivity contribution is 6.00. The molecule has 0 spiro atoms. The minimum Gasteiger partial charge on any atom is -0.291 e. The molecule has 1 aromatic heterocycles. The highest BCUT2D eigenvalue weighted by Crippen LogP contribution is 2.22. The summed E-state index contributed by atoms with van der Waals surface area (Å²) in [5.74, 6) is -1.93. The largest absolute Gasteiger partial charge is 0.291 e. The number of nitroso groups, excluding NO2 is 1. The van der Waals surface area contributed by atoms with Crippen molar-refractivity contribution in [2.24, 2.45) is 5.18 Å². The number of ketones is 1. The SMILES string of the molecule is O=NC(C(=O)c1ccc(F)cc1)c1ccnc(F)c1. The van der Waals surface area contributed by atoms with E-state index in [1.54, 1.807) is 0 Å². The minimum absolute atomic E-state index is 0.108. The van der Waals surface area contributed by atoms with Crippen molar-refractivity contribution in [2.75, 3.05) is 0 Å². The van der Waals surface area contributed by atoms with E-state index in [-0.39, 0.29) is 11.1 Å². The average Bonchev–Trinajstić information content (AvgIpc) is 2.40. The summed E-state index contributed by atoms with van der Waals surface area (Å²) in [6.07, 6.45) is 1.14. The molecule has 0 saturated carbocycles. The average molecular weight is 262 g/mol. The highest BCUT2D eigenvalue weighted by atomic mass is 19.1. The van der Waals surface area contributed by atoms with Crippen molar-refractivity contribution >= 4 is 5.78 Å². The van der Waals surface area contributed by atoms with E-state index in [0.717, 1.165) is 24.4 Å². The van der Waals surface area contributed by atoms with Crippen molar-refractivity contribution in [3.05, 3.63) is 70.4 Å². The van der Waals surface area contributed by atoms with Gasteiger partial charge in [-0.05, 0) is 42.0 Å². The van der Waals surface area contributed by atoms with E-state index in [1.165, 1.54) is 18.2 Å². The molecule has 0 fully saturated rings. The predicted molar refractivity (Wildman–Crippen MR) is 63.5 cm³/mol. The molecule has 1 aromatic carbocycles. The van der Waals surface area contributed by atoms with Crippen molar-refractivity contribution in [2.45, 2.75) is 6.04 Å². The van der Waals surface area contributed by atoms with Gasteiger partial charge < -0.3 is 0 Å². The normalized spacial score (nSPS) is 11.9. The molecule has 2 aromatic rings. The Balaban J connectivity index is 2.34. The lowest BCUT2D eigenvalue weighted by Gasteiger charge is -2.08. The maximum atomic E-state index is 13.0. The van der Waals surface area contributed by atoms with Crippen LogP contribution >= 0.6 is 0 Å². The fraction of sp³-hybridized carbons (Fsp3) is 0.0769. The van der Waals surface area contributed by atoms with Gasteiger partial charge in [-0.3, -0.25) is 4.79 Å². The summed E-state index contributed by atoms with van der Waals surface area (Å²) >= 11 is 0. The Labute approximate surface area is 107 Å². The second-order valence-electron chi connectivity index (χ2n) is 3.79. The summed E-state index contributed by atoms with van der Waals surface area (Å²) < 4.78 is 25.7. The van der Waals surface area contributed by atoms with Crippen molar-refractivity contribution in [1.82, 2.24) is 4.98 Å². The Morgan fingerprint density at radius 1 is 1.16 bits per heavy atom. The van der Waals surface area contributed by atoms with Gasteiger partial charge in [-0.15, -0.1) is 4.91 Å². The third kappa shape index (κ3) is 2.85. The number of pyridine rings is 1. The molecule has 0 N–H and O–H groups in total. The van der Waals surface area contributed by atoms with Gasteiger partial charge in [0.25, 0.3) is 0 Å². The predicted octanol–water partition coefficient (Wildman–Crippen LogP) is 3.05. The molecule has 6 heteroatoms. The smallest absolute Gasteiger partial charge is 0.213 e. The van der Waals surface area contributed by atoms with E-state index >= 15 is 0 Å². The lowest BCUT2D eigenvalue weighted by Crippen LogP contribution is -2.11. The molecule has 96 valence electrons. The number of Topliss-reactive ketones (excluding diaryl/α,β-unsaturated/α-hetero) is 1. The van der Waals surface area contributed by atoms with Crippen molar-refractivity contribution < 1.29 is 13.6 Å². The summed E-state index contributed by atoms with van der Waals surface area (Å²) in [4.78, 5) is 26.2. The molecule has 1 unspecified atom stereocenters. The zero-order chi connectivity index (χ0) is 13.8. The first-order valence-electron chi connectivity index (χ1n) is 5.35. The highest BCUT2D eigenvalue weighted by Gasteiger charge is 2.23. The molecule has 1 heterocycles. The van der Waals surface area contributed by atoms with Crippen LogP contribution in [0.25, 0.3) is 0 Å². The van der Waals surface area contributed by atoms with Gasteiger partial charge in [0.05, 0.1) is 0 Å². The Hall–Kier alpha value is -2.50. The number of carbonyl (C=O) groups excluding carboxylic acids is 1. The van der Waals surface area contributed by atoms with Gasteiger partial charge in [-0.2, -0.15) is 4.39 Å². The van der Waals surface area contributed by atoms with Crippen LogP contribution in [0.5, 0.6) is 0 Å². The molecule has 1 atom stereocenters. The van der Waals surface area contributed by atoms with E-state index < -0.39 is 23.6 Å². The van der Waals surface area contributed by atoms with Crippen LogP contribution in [0.15, 0.2) is 47.8 Å². The van der Waals surface area contributed by atoms with Crippen LogP contribution in [0.2, 0.25) is 0 Å². The summed E-state index contributed by atoms with van der Waals surface area (Å²) in [6.45, 7) is 0. The number of rotatable bonds is 4. The Morgan fingerprint density at radius 3 is 2.42 bits per heavy atom. The van der Waals surface area contributed by atoms with Crippen molar-refractivity contribution in [1.29, 1.82) is 0 Å². The zero-order valence-electron chi connectivity index (χ0n) is 9.59. The first-order chi connectivity index (χ1) is 9.11. The second kappa shape index (κ2) is 5.43. The van der Waals surface area contributed by atoms with Gasteiger partial charge in [0.15, 0.2) is 11.8 Å². The molecule has 4 nitrogen and oxygen atoms in total. The Kier molecular flexibility index (Phi) is 3.70. The lowest BCUT2D eigenvalue weighted by atomic mass is 9.99. The summed E-state index contributed by atoms with van der Waals surface area (Å²) in [7, 11) is 0. The third-order valence-corrected chi connectivity index (χ3v) is 2.55. The maximum Gasteiger partial charge on any atom is 0.213 e. The van der Waals surface area contributed by atoms with E-state index in [0.29, 0.717) is 0 Å². The van der Waals surface area contributed by atoms with Gasteiger partial charge in [0.2, 0.25) is 5.95 Å². The van der Waals surface area contributed by atoms with Crippen molar-refractivity contribution in [3.63, 3.8) is 0 Å². The van der Waals surface area contributed by atoms with Crippen LogP contribution in [0.3, 0.4) is 0 Å². The van der Waals surface area contributed by atoms with Gasteiger partial charge in [-0.1, -0.05) is 5.18 Å². The Morgan fingerprint density at radius 2 is 1.84 bits per heavy atom. The summed E-state index contributed by atoms with van der Waals surface area (Å²) in [5, 5.41) is 2.71. The standard InChI is InChI=1S/C13H8F2N2O2/c14-10-3-1-8(2-4-10)13(18)12(17-19)9-5-6-16-11(15)7-9/h1-7,12H. The first kappa shape index (κ1) is 12.9. The van der Waals surface area contributed by atoms with E-state index in [9.17, 15) is 18.5 Å². The van der Waals surface area contributed by atoms with Crippen LogP contribution in [0, 0.1) is 16.7 Å². The number of aromatic nitrogens is 1. The molecule has 0 amide bonds. The molecule has 0 bridgehead atoms. The summed E-state index contributed by atoms with van der Waals surface area (Å²) in [5.41, 5.74) is 0.236. The van der Waals surface area contributed by atoms with Crippen molar-refractivity contribution in [3.8, 4) is 0 Å². The van der Waals surface area contributed by atoms with Gasteiger partial charge in [0.1, 0.15) is 5.82 Å². The number of halogens is 2. The number of nitrogens with zero attached hydrogens (tertiary/aromatic N) is 2. The molecule has 0 aliphatic carbocycles. The first-order valence-corrected chi connectivity index (χ1v) is 5.35. The van der Waals surface area contributed by atoms with E-state index in [2.05, 4.69) is 10.2 Å². The van der Waals surface area contributed by atoms with Gasteiger partial charge >= 0.3 is 0 Å². The molecule has 2 rings (SSSR count). The fourth-order valence-corrected chi connectivity index (χ4v) is 1.62. The van der Waals surface area contributed by atoms with E-state index in [4.69, 9.17) is 0 Å². The molecule has 0 aliphatic heterocycles. The zero-order valence-corrected chi connectivity index (χ0v) is 9.59. The van der Waals surface area contributed by atoms with Crippen LogP contribution in [0.1, 0.15) is 22.0 Å². The Bertz CT molecular complexity index is 614. The molecular formula is C13H8F2N2O2. The third-order valence-electron chi connectivity index (χ3n) is 2.55. The van der Waals surface area contributed by atoms with Gasteiger partial charge in [-0.25, -0.2) is 9.37 Å². The van der Waals surface area contributed by atoms with Gasteiger partial charge in [0, 0.05) is 11.8 Å². The topological polar surface area (TPSA) is 59.4 Å². The summed E-state index contributed by atoms with van der Waals surface area (Å²) in [6, 6.07) is 5.61. The minimum atomic E-state index is -1.37. The van der Waals surface area contributed by atoms with Crippen LogP contribution < -0.4 is 0 Å². The fourth-order valence-electron chi connectivity index (χ4n) is 1.62. The van der Waals surface area contributed by atoms with Crippen LogP contribution in [-0.2, 0) is 0 Å². The molecular weight excluding hydrogens is 254 g/mol. The maximum absolute atomic E-state index is 13.0. The molecule has 0 aliphatic rings. The number of hydrogen-bond donors (Lipinski definition) is 0. The number of carbonyl (C=O) groups is 1. The monoisotopic (exact) mass is 262 g/mol. The molecule has 19 heavy (non-hydrogen) atoms. The van der Waals surface area contributed by atoms with Crippen LogP contribution in [0.4, 0.5) is 8.78 Å². The van der Waals surface area contributed by atoms with Crippen LogP contribution in [-0.4, -0.2) is 10.8 Å². The molecule has 0 radical (unpaired) electrons. The number of hydrogen-bond acceptors (Lipinski definition) is 4. The van der Waals surface area contributed by atoms with E-state index in [1.807, 2.05) is 0 Å². The second-order valence-corrected chi connectivity index (χ2v) is 3.79.